The molecule has 0 saturated carbocycles. The molecule has 17 heavy (non-hydrogen) atoms. The Morgan fingerprint density at radius 3 is 2.82 bits per heavy atom. The third-order valence-electron chi connectivity index (χ3n) is 2.55. The van der Waals surface area contributed by atoms with Crippen molar-refractivity contribution in [1.29, 1.82) is 0 Å². The lowest BCUT2D eigenvalue weighted by molar-refractivity contribution is 0.413. The van der Waals surface area contributed by atoms with Gasteiger partial charge in [0.05, 0.1) is 18.4 Å². The second-order valence-corrected chi connectivity index (χ2v) is 3.76. The summed E-state index contributed by atoms with van der Waals surface area (Å²) in [5, 5.41) is 0. The maximum Gasteiger partial charge on any atom is 0.196 e. The van der Waals surface area contributed by atoms with Crippen molar-refractivity contribution in [2.75, 3.05) is 13.7 Å². The van der Waals surface area contributed by atoms with Crippen LogP contribution in [0.5, 0.6) is 5.75 Å². The molecule has 0 bridgehead atoms. The van der Waals surface area contributed by atoms with Crippen LogP contribution in [0.15, 0.2) is 28.7 Å². The molecule has 0 fully saturated rings. The second kappa shape index (κ2) is 5.01. The molecule has 2 N–H and O–H groups in total. The van der Waals surface area contributed by atoms with Gasteiger partial charge in [-0.1, -0.05) is 12.1 Å². The van der Waals surface area contributed by atoms with Gasteiger partial charge < -0.3 is 14.9 Å². The third-order valence-corrected chi connectivity index (χ3v) is 2.55. The number of methoxy groups -OCH3 is 1. The maximum absolute atomic E-state index is 5.71. The lowest BCUT2D eigenvalue weighted by atomic mass is 10.1. The van der Waals surface area contributed by atoms with Crippen molar-refractivity contribution in [2.45, 2.75) is 13.3 Å². The van der Waals surface area contributed by atoms with Gasteiger partial charge in [0.2, 0.25) is 0 Å². The molecule has 2 aromatic rings. The zero-order chi connectivity index (χ0) is 12.3. The molecule has 0 spiro atoms. The van der Waals surface area contributed by atoms with Crippen molar-refractivity contribution in [2.24, 2.45) is 5.73 Å². The van der Waals surface area contributed by atoms with E-state index in [2.05, 4.69) is 4.98 Å². The first-order chi connectivity index (χ1) is 8.26. The van der Waals surface area contributed by atoms with Gasteiger partial charge in [-0.15, -0.1) is 0 Å². The van der Waals surface area contributed by atoms with Gasteiger partial charge in [-0.05, 0) is 19.1 Å². The van der Waals surface area contributed by atoms with Crippen LogP contribution in [0.25, 0.3) is 11.3 Å². The average Bonchev–Trinajstić information content (AvgIpc) is 2.70. The average molecular weight is 232 g/mol. The fraction of sp³-hybridized carbons (Fsp3) is 0.308. The Bertz CT molecular complexity index is 506. The summed E-state index contributed by atoms with van der Waals surface area (Å²) < 4.78 is 11.0. The van der Waals surface area contributed by atoms with E-state index in [1.807, 2.05) is 31.2 Å². The molecule has 1 aromatic heterocycles. The summed E-state index contributed by atoms with van der Waals surface area (Å²) in [6.45, 7) is 2.45. The van der Waals surface area contributed by atoms with E-state index < -0.39 is 0 Å². The van der Waals surface area contributed by atoms with E-state index in [-0.39, 0.29) is 0 Å². The van der Waals surface area contributed by atoms with E-state index in [0.29, 0.717) is 18.9 Å². The monoisotopic (exact) mass is 232 g/mol. The molecular weight excluding hydrogens is 216 g/mol. The van der Waals surface area contributed by atoms with E-state index in [0.717, 1.165) is 22.8 Å². The molecule has 0 atom stereocenters. The van der Waals surface area contributed by atoms with Crippen molar-refractivity contribution in [1.82, 2.24) is 4.98 Å². The van der Waals surface area contributed by atoms with Crippen LogP contribution in [0.2, 0.25) is 0 Å². The molecular formula is C13H16N2O2. The van der Waals surface area contributed by atoms with Gasteiger partial charge in [0, 0.05) is 13.0 Å². The van der Waals surface area contributed by atoms with Crippen LogP contribution in [-0.2, 0) is 6.42 Å². The molecule has 0 aliphatic rings. The molecule has 90 valence electrons. The number of aromatic nitrogens is 1. The predicted molar refractivity (Wildman–Crippen MR) is 66.0 cm³/mol. The molecule has 1 heterocycles. The quantitative estimate of drug-likeness (QED) is 0.877. The molecule has 4 nitrogen and oxygen atoms in total. The Morgan fingerprint density at radius 1 is 1.35 bits per heavy atom. The molecule has 0 aliphatic heterocycles. The Balaban J connectivity index is 2.45. The summed E-state index contributed by atoms with van der Waals surface area (Å²) in [6, 6.07) is 7.73. The lowest BCUT2D eigenvalue weighted by Gasteiger charge is -2.05. The highest BCUT2D eigenvalue weighted by molar-refractivity contribution is 5.67. The van der Waals surface area contributed by atoms with E-state index in [4.69, 9.17) is 14.9 Å². The van der Waals surface area contributed by atoms with Gasteiger partial charge in [-0.3, -0.25) is 0 Å². The van der Waals surface area contributed by atoms with Crippen molar-refractivity contribution in [3.05, 3.63) is 35.9 Å². The molecule has 4 heteroatoms. The van der Waals surface area contributed by atoms with Crippen LogP contribution >= 0.6 is 0 Å². The second-order valence-electron chi connectivity index (χ2n) is 3.76. The van der Waals surface area contributed by atoms with Crippen molar-refractivity contribution < 1.29 is 9.15 Å². The highest BCUT2D eigenvalue weighted by atomic mass is 16.5. The number of benzene rings is 1. The van der Waals surface area contributed by atoms with Gasteiger partial charge >= 0.3 is 0 Å². The summed E-state index contributed by atoms with van der Waals surface area (Å²) in [5.74, 6) is 2.21. The van der Waals surface area contributed by atoms with E-state index in [9.17, 15) is 0 Å². The summed E-state index contributed by atoms with van der Waals surface area (Å²) in [5.41, 5.74) is 7.27. The van der Waals surface area contributed by atoms with Gasteiger partial charge in [0.15, 0.2) is 11.7 Å². The van der Waals surface area contributed by atoms with Crippen molar-refractivity contribution in [3.8, 4) is 17.1 Å². The topological polar surface area (TPSA) is 61.3 Å². The summed E-state index contributed by atoms with van der Waals surface area (Å²) in [4.78, 5) is 4.35. The van der Waals surface area contributed by atoms with E-state index >= 15 is 0 Å². The molecule has 0 saturated heterocycles. The van der Waals surface area contributed by atoms with Crippen LogP contribution in [0.1, 0.15) is 11.6 Å². The molecule has 2 rings (SSSR count). The highest BCUT2D eigenvalue weighted by Crippen LogP contribution is 2.32. The lowest BCUT2D eigenvalue weighted by Crippen LogP contribution is -2.02. The van der Waals surface area contributed by atoms with Gasteiger partial charge in [-0.25, -0.2) is 4.98 Å². The summed E-state index contributed by atoms with van der Waals surface area (Å²) in [7, 11) is 1.64. The van der Waals surface area contributed by atoms with Crippen molar-refractivity contribution in [3.63, 3.8) is 0 Å². The first kappa shape index (κ1) is 11.7. The Labute approximate surface area is 100 Å². The largest absolute Gasteiger partial charge is 0.496 e. The number of hydrogen-bond acceptors (Lipinski definition) is 4. The summed E-state index contributed by atoms with van der Waals surface area (Å²) >= 11 is 0. The Kier molecular flexibility index (Phi) is 3.44. The van der Waals surface area contributed by atoms with Gasteiger partial charge in [-0.2, -0.15) is 0 Å². The number of nitrogens with zero attached hydrogens (tertiary/aromatic N) is 1. The normalized spacial score (nSPS) is 10.5. The van der Waals surface area contributed by atoms with Crippen LogP contribution in [0.3, 0.4) is 0 Å². The number of nitrogens with two attached hydrogens (primary N) is 1. The summed E-state index contributed by atoms with van der Waals surface area (Å²) in [6.07, 6.45) is 0.649. The molecule has 0 amide bonds. The highest BCUT2D eigenvalue weighted by Gasteiger charge is 2.14. The van der Waals surface area contributed by atoms with E-state index in [1.54, 1.807) is 7.11 Å². The fourth-order valence-electron chi connectivity index (χ4n) is 1.76. The fourth-order valence-corrected chi connectivity index (χ4v) is 1.76. The molecule has 0 aliphatic carbocycles. The number of rotatable bonds is 4. The zero-order valence-corrected chi connectivity index (χ0v) is 10.1. The third kappa shape index (κ3) is 2.31. The minimum absolute atomic E-state index is 0.533. The van der Waals surface area contributed by atoms with Crippen LogP contribution in [0, 0.1) is 6.92 Å². The van der Waals surface area contributed by atoms with Crippen LogP contribution < -0.4 is 10.5 Å². The first-order valence-corrected chi connectivity index (χ1v) is 5.56. The number of para-hydroxylation sites is 1. The van der Waals surface area contributed by atoms with E-state index in [1.165, 1.54) is 0 Å². The molecule has 0 unspecified atom stereocenters. The van der Waals surface area contributed by atoms with Crippen LogP contribution in [-0.4, -0.2) is 18.6 Å². The Morgan fingerprint density at radius 2 is 2.12 bits per heavy atom. The minimum Gasteiger partial charge on any atom is -0.496 e. The zero-order valence-electron chi connectivity index (χ0n) is 10.1. The van der Waals surface area contributed by atoms with Gasteiger partial charge in [0.25, 0.3) is 0 Å². The number of ether oxygens (including phenoxy) is 1. The van der Waals surface area contributed by atoms with Crippen LogP contribution in [0.4, 0.5) is 0 Å². The Hall–Kier alpha value is -1.81. The number of aryl methyl sites for hydroxylation is 1. The predicted octanol–water partition coefficient (Wildman–Crippen LogP) is 2.16. The number of hydrogen-bond donors (Lipinski definition) is 1. The SMILES string of the molecule is COc1ccccc1-c1oc(CCN)nc1C. The number of oxazole rings is 1. The molecule has 0 radical (unpaired) electrons. The van der Waals surface area contributed by atoms with Gasteiger partial charge in [0.1, 0.15) is 5.75 Å². The first-order valence-electron chi connectivity index (χ1n) is 5.56. The smallest absolute Gasteiger partial charge is 0.196 e. The maximum atomic E-state index is 5.71. The standard InChI is InChI=1S/C13H16N2O2/c1-9-13(17-12(15-9)7-8-14)10-5-3-4-6-11(10)16-2/h3-6H,7-8,14H2,1-2H3. The minimum atomic E-state index is 0.533. The van der Waals surface area contributed by atoms with Crippen molar-refractivity contribution >= 4 is 0 Å². The molecule has 1 aromatic carbocycles.